The summed E-state index contributed by atoms with van der Waals surface area (Å²) in [6.07, 6.45) is 7.46. The summed E-state index contributed by atoms with van der Waals surface area (Å²) in [5.41, 5.74) is 2.99. The van der Waals surface area contributed by atoms with Crippen molar-refractivity contribution < 1.29 is 0 Å². The summed E-state index contributed by atoms with van der Waals surface area (Å²) in [6.45, 7) is 7.02. The van der Waals surface area contributed by atoms with Crippen LogP contribution in [-0.4, -0.2) is 26.5 Å². The molecule has 3 heterocycles. The second-order valence-electron chi connectivity index (χ2n) is 5.60. The molecular formula is C18H21N5S. The molecule has 0 atom stereocenters. The first-order valence-electron chi connectivity index (χ1n) is 8.10. The highest BCUT2D eigenvalue weighted by molar-refractivity contribution is 7.11. The number of nitrogens with one attached hydrogen (secondary N) is 1. The van der Waals surface area contributed by atoms with Crippen molar-refractivity contribution in [3.05, 3.63) is 51.9 Å². The molecule has 0 bridgehead atoms. The normalized spacial score (nSPS) is 10.8. The zero-order valence-corrected chi connectivity index (χ0v) is 15.0. The predicted octanol–water partition coefficient (Wildman–Crippen LogP) is 3.83. The lowest BCUT2D eigenvalue weighted by Gasteiger charge is -2.12. The Morgan fingerprint density at radius 1 is 1.17 bits per heavy atom. The number of aryl methyl sites for hydroxylation is 2. The molecule has 3 aromatic heterocycles. The number of thiazole rings is 1. The molecule has 0 aliphatic rings. The molecule has 0 saturated heterocycles. The summed E-state index contributed by atoms with van der Waals surface area (Å²) in [5.74, 6) is 1.59. The maximum atomic E-state index is 4.68. The SMILES string of the molecule is CCc1cnc(CCNc2nc(-c3cccnc3)nc(C)c2C)s1. The first kappa shape index (κ1) is 16.5. The lowest BCUT2D eigenvalue weighted by atomic mass is 10.2. The first-order valence-corrected chi connectivity index (χ1v) is 8.92. The molecule has 3 rings (SSSR count). The van der Waals surface area contributed by atoms with Crippen molar-refractivity contribution in [2.45, 2.75) is 33.6 Å². The predicted molar refractivity (Wildman–Crippen MR) is 98.4 cm³/mol. The zero-order valence-electron chi connectivity index (χ0n) is 14.2. The molecule has 0 unspecified atom stereocenters. The van der Waals surface area contributed by atoms with E-state index in [4.69, 9.17) is 0 Å². The molecular weight excluding hydrogens is 318 g/mol. The Kier molecular flexibility index (Phi) is 5.15. The number of rotatable bonds is 6. The van der Waals surface area contributed by atoms with Crippen molar-refractivity contribution in [2.75, 3.05) is 11.9 Å². The molecule has 0 aromatic carbocycles. The van der Waals surface area contributed by atoms with Gasteiger partial charge in [-0.3, -0.25) is 4.98 Å². The van der Waals surface area contributed by atoms with Gasteiger partial charge in [0.05, 0.1) is 5.01 Å². The van der Waals surface area contributed by atoms with Crippen molar-refractivity contribution in [1.29, 1.82) is 0 Å². The van der Waals surface area contributed by atoms with Crippen molar-refractivity contribution in [3.8, 4) is 11.4 Å². The van der Waals surface area contributed by atoms with Crippen LogP contribution in [0.5, 0.6) is 0 Å². The lowest BCUT2D eigenvalue weighted by Crippen LogP contribution is -2.10. The van der Waals surface area contributed by atoms with Crippen LogP contribution in [0.3, 0.4) is 0 Å². The Hall–Kier alpha value is -2.34. The highest BCUT2D eigenvalue weighted by Crippen LogP contribution is 2.21. The Bertz CT molecular complexity index is 814. The van der Waals surface area contributed by atoms with E-state index in [1.54, 1.807) is 23.7 Å². The van der Waals surface area contributed by atoms with Gasteiger partial charge in [-0.25, -0.2) is 15.0 Å². The Balaban J connectivity index is 1.73. The van der Waals surface area contributed by atoms with Crippen LogP contribution in [0.25, 0.3) is 11.4 Å². The average Bonchev–Trinajstić information content (AvgIpc) is 3.07. The molecule has 0 amide bonds. The summed E-state index contributed by atoms with van der Waals surface area (Å²) >= 11 is 1.78. The molecule has 6 heteroatoms. The van der Waals surface area contributed by atoms with Crippen molar-refractivity contribution in [3.63, 3.8) is 0 Å². The second kappa shape index (κ2) is 7.49. The van der Waals surface area contributed by atoms with Crippen LogP contribution in [0.2, 0.25) is 0 Å². The zero-order chi connectivity index (χ0) is 16.9. The molecule has 0 fully saturated rings. The molecule has 124 valence electrons. The minimum atomic E-state index is 0.705. The van der Waals surface area contributed by atoms with Crippen LogP contribution in [0, 0.1) is 13.8 Å². The van der Waals surface area contributed by atoms with Crippen LogP contribution in [0.4, 0.5) is 5.82 Å². The molecule has 1 N–H and O–H groups in total. The van der Waals surface area contributed by atoms with Gasteiger partial charge in [0.25, 0.3) is 0 Å². The molecule has 0 spiro atoms. The van der Waals surface area contributed by atoms with Gasteiger partial charge in [0.2, 0.25) is 0 Å². The number of aromatic nitrogens is 4. The third kappa shape index (κ3) is 3.76. The van der Waals surface area contributed by atoms with Gasteiger partial charge in [-0.05, 0) is 32.4 Å². The third-order valence-corrected chi connectivity index (χ3v) is 5.09. The van der Waals surface area contributed by atoms with E-state index >= 15 is 0 Å². The number of anilines is 1. The van der Waals surface area contributed by atoms with Crippen LogP contribution in [0.15, 0.2) is 30.7 Å². The molecule has 0 aliphatic carbocycles. The van der Waals surface area contributed by atoms with Crippen LogP contribution >= 0.6 is 11.3 Å². The summed E-state index contributed by atoms with van der Waals surface area (Å²) < 4.78 is 0. The van der Waals surface area contributed by atoms with Crippen LogP contribution in [0.1, 0.15) is 28.1 Å². The Morgan fingerprint density at radius 2 is 2.04 bits per heavy atom. The van der Waals surface area contributed by atoms with Gasteiger partial charge in [0.15, 0.2) is 5.82 Å². The Morgan fingerprint density at radius 3 is 2.75 bits per heavy atom. The number of pyridine rings is 1. The minimum Gasteiger partial charge on any atom is -0.369 e. The van der Waals surface area contributed by atoms with Gasteiger partial charge in [0, 0.05) is 53.3 Å². The minimum absolute atomic E-state index is 0.705. The van der Waals surface area contributed by atoms with Crippen molar-refractivity contribution in [1.82, 2.24) is 19.9 Å². The number of hydrogen-bond acceptors (Lipinski definition) is 6. The molecule has 0 aliphatic heterocycles. The maximum absolute atomic E-state index is 4.68. The van der Waals surface area contributed by atoms with Gasteiger partial charge in [0.1, 0.15) is 5.82 Å². The van der Waals surface area contributed by atoms with E-state index in [1.807, 2.05) is 32.2 Å². The van der Waals surface area contributed by atoms with Gasteiger partial charge >= 0.3 is 0 Å². The molecule has 0 saturated carbocycles. The van der Waals surface area contributed by atoms with E-state index in [9.17, 15) is 0 Å². The number of nitrogens with zero attached hydrogens (tertiary/aromatic N) is 4. The Labute approximate surface area is 146 Å². The quantitative estimate of drug-likeness (QED) is 0.739. The fraction of sp³-hybridized carbons (Fsp3) is 0.333. The summed E-state index contributed by atoms with van der Waals surface area (Å²) in [7, 11) is 0. The largest absolute Gasteiger partial charge is 0.369 e. The van der Waals surface area contributed by atoms with Crippen molar-refractivity contribution >= 4 is 17.2 Å². The standard InChI is InChI=1S/C18H21N5S/c1-4-15-11-21-16(24-15)7-9-20-17-12(2)13(3)22-18(23-17)14-6-5-8-19-10-14/h5-6,8,10-11H,4,7,9H2,1-3H3,(H,20,22,23). The fourth-order valence-corrected chi connectivity index (χ4v) is 3.20. The second-order valence-corrected chi connectivity index (χ2v) is 6.80. The van der Waals surface area contributed by atoms with E-state index in [0.29, 0.717) is 5.82 Å². The smallest absolute Gasteiger partial charge is 0.163 e. The van der Waals surface area contributed by atoms with Gasteiger partial charge in [-0.1, -0.05) is 6.92 Å². The van der Waals surface area contributed by atoms with Gasteiger partial charge in [-0.2, -0.15) is 0 Å². The molecule has 3 aromatic rings. The van der Waals surface area contributed by atoms with E-state index in [2.05, 4.69) is 32.2 Å². The highest BCUT2D eigenvalue weighted by atomic mass is 32.1. The van der Waals surface area contributed by atoms with Crippen molar-refractivity contribution in [2.24, 2.45) is 0 Å². The van der Waals surface area contributed by atoms with Crippen LogP contribution < -0.4 is 5.32 Å². The fourth-order valence-electron chi connectivity index (χ4n) is 2.34. The molecule has 5 nitrogen and oxygen atoms in total. The summed E-state index contributed by atoms with van der Waals surface area (Å²) in [5, 5.41) is 4.60. The molecule has 0 radical (unpaired) electrons. The topological polar surface area (TPSA) is 63.6 Å². The third-order valence-electron chi connectivity index (χ3n) is 3.89. The van der Waals surface area contributed by atoms with Gasteiger partial charge in [-0.15, -0.1) is 11.3 Å². The molecule has 24 heavy (non-hydrogen) atoms. The van der Waals surface area contributed by atoms with Gasteiger partial charge < -0.3 is 5.32 Å². The van der Waals surface area contributed by atoms with E-state index in [-0.39, 0.29) is 0 Å². The highest BCUT2D eigenvalue weighted by Gasteiger charge is 2.10. The monoisotopic (exact) mass is 339 g/mol. The lowest BCUT2D eigenvalue weighted by molar-refractivity contribution is 0.969. The van der Waals surface area contributed by atoms with E-state index in [1.165, 1.54) is 4.88 Å². The van der Waals surface area contributed by atoms with E-state index < -0.39 is 0 Å². The van der Waals surface area contributed by atoms with Crippen LogP contribution in [-0.2, 0) is 12.8 Å². The number of hydrogen-bond donors (Lipinski definition) is 1. The first-order chi connectivity index (χ1) is 11.7. The average molecular weight is 339 g/mol. The maximum Gasteiger partial charge on any atom is 0.163 e. The summed E-state index contributed by atoms with van der Waals surface area (Å²) in [4.78, 5) is 19.2. The van der Waals surface area contributed by atoms with E-state index in [0.717, 1.165) is 47.0 Å². The summed E-state index contributed by atoms with van der Waals surface area (Å²) in [6, 6.07) is 3.87.